The summed E-state index contributed by atoms with van der Waals surface area (Å²) in [4.78, 5) is 13.7. The molecule has 150 valence electrons. The van der Waals surface area contributed by atoms with Gasteiger partial charge >= 0.3 is 0 Å². The van der Waals surface area contributed by atoms with Crippen molar-refractivity contribution in [2.75, 3.05) is 18.4 Å². The Hall–Kier alpha value is -2.38. The lowest BCUT2D eigenvalue weighted by atomic mass is 10.0. The van der Waals surface area contributed by atoms with Crippen molar-refractivity contribution in [1.82, 2.24) is 14.7 Å². The number of benzene rings is 1. The number of fused-ring (bicyclic) bond motifs is 1. The predicted molar refractivity (Wildman–Crippen MR) is 106 cm³/mol. The van der Waals surface area contributed by atoms with Crippen LogP contribution in [0.25, 0.3) is 0 Å². The Balaban J connectivity index is 1.35. The van der Waals surface area contributed by atoms with Gasteiger partial charge < -0.3 is 15.2 Å². The van der Waals surface area contributed by atoms with Crippen LogP contribution < -0.4 is 10.1 Å². The molecule has 4 rings (SSSR count). The number of carbonyl (C=O) groups excluding carboxylic acids is 1. The second-order valence-corrected chi connectivity index (χ2v) is 7.69. The monoisotopic (exact) mass is 384 g/mol. The van der Waals surface area contributed by atoms with Crippen LogP contribution >= 0.6 is 0 Å². The van der Waals surface area contributed by atoms with E-state index in [1.807, 2.05) is 29.1 Å². The number of β-amino-alcohol motifs (C(OH)–C–C–N with tert-alkyl or cyclic N) is 1. The van der Waals surface area contributed by atoms with Crippen LogP contribution in [0.5, 0.6) is 5.75 Å². The maximum absolute atomic E-state index is 11.5. The Morgan fingerprint density at radius 3 is 2.96 bits per heavy atom. The van der Waals surface area contributed by atoms with Gasteiger partial charge in [-0.2, -0.15) is 5.10 Å². The summed E-state index contributed by atoms with van der Waals surface area (Å²) in [6.45, 7) is 7.31. The van der Waals surface area contributed by atoms with Gasteiger partial charge in [0.15, 0.2) is 0 Å². The van der Waals surface area contributed by atoms with Gasteiger partial charge in [0, 0.05) is 49.5 Å². The van der Waals surface area contributed by atoms with Gasteiger partial charge in [0.2, 0.25) is 5.91 Å². The highest BCUT2D eigenvalue weighted by molar-refractivity contribution is 5.93. The molecule has 0 bridgehead atoms. The first-order valence-electron chi connectivity index (χ1n) is 10.0. The summed E-state index contributed by atoms with van der Waals surface area (Å²) in [7, 11) is 0. The van der Waals surface area contributed by atoms with E-state index in [2.05, 4.69) is 29.2 Å². The fraction of sp³-hybridized carbons (Fsp3) is 0.524. The van der Waals surface area contributed by atoms with Gasteiger partial charge in [-0.1, -0.05) is 0 Å². The number of amides is 1. The normalized spacial score (nSPS) is 22.6. The number of carbonyl (C=O) groups is 1. The summed E-state index contributed by atoms with van der Waals surface area (Å²) in [5.41, 5.74) is 4.36. The number of hydrogen-bond donors (Lipinski definition) is 2. The maximum atomic E-state index is 11.5. The van der Waals surface area contributed by atoms with Gasteiger partial charge in [0.1, 0.15) is 18.0 Å². The van der Waals surface area contributed by atoms with Crippen LogP contribution in [0.15, 0.2) is 24.4 Å². The number of likely N-dealkylation sites (tertiary alicyclic amines) is 1. The minimum Gasteiger partial charge on any atom is -0.488 e. The summed E-state index contributed by atoms with van der Waals surface area (Å²) >= 11 is 0. The van der Waals surface area contributed by atoms with Crippen molar-refractivity contribution in [3.8, 4) is 5.75 Å². The summed E-state index contributed by atoms with van der Waals surface area (Å²) in [5.74, 6) is 0.816. The van der Waals surface area contributed by atoms with Gasteiger partial charge in [0.25, 0.3) is 0 Å². The minimum absolute atomic E-state index is 0.0590. The van der Waals surface area contributed by atoms with Crippen LogP contribution in [0.2, 0.25) is 0 Å². The van der Waals surface area contributed by atoms with Crippen LogP contribution in [-0.2, 0) is 24.3 Å². The van der Waals surface area contributed by atoms with Crippen LogP contribution in [-0.4, -0.2) is 51.0 Å². The van der Waals surface area contributed by atoms with E-state index in [4.69, 9.17) is 4.74 Å². The van der Waals surface area contributed by atoms with E-state index in [-0.39, 0.29) is 12.0 Å². The molecule has 3 heterocycles. The second-order valence-electron chi connectivity index (χ2n) is 7.69. The number of ether oxygens (including phenoxy) is 1. The third-order valence-electron chi connectivity index (χ3n) is 5.76. The van der Waals surface area contributed by atoms with E-state index >= 15 is 0 Å². The van der Waals surface area contributed by atoms with E-state index < -0.39 is 6.10 Å². The molecule has 1 aromatic heterocycles. The van der Waals surface area contributed by atoms with Gasteiger partial charge in [0.05, 0.1) is 6.20 Å². The molecule has 0 spiro atoms. The highest BCUT2D eigenvalue weighted by Gasteiger charge is 2.30. The zero-order valence-corrected chi connectivity index (χ0v) is 16.5. The molecule has 2 aromatic rings. The van der Waals surface area contributed by atoms with E-state index in [0.29, 0.717) is 13.0 Å². The van der Waals surface area contributed by atoms with Crippen molar-refractivity contribution in [3.05, 3.63) is 41.2 Å². The highest BCUT2D eigenvalue weighted by Crippen LogP contribution is 2.29. The molecular formula is C21H28N4O3. The average Bonchev–Trinajstić information content (AvgIpc) is 3.03. The largest absolute Gasteiger partial charge is 0.488 e. The van der Waals surface area contributed by atoms with Crippen molar-refractivity contribution in [3.63, 3.8) is 0 Å². The number of rotatable bonds is 5. The Kier molecular flexibility index (Phi) is 5.37. The SMILES string of the molecule is CCn1ncc(CN2CC[C@@H](Oc3ccc4c(c3)CCC(=O)N4)[C@H](O)C2)c1C. The fourth-order valence-electron chi connectivity index (χ4n) is 4.06. The molecule has 7 heteroatoms. The van der Waals surface area contributed by atoms with E-state index in [0.717, 1.165) is 49.5 Å². The average molecular weight is 384 g/mol. The molecule has 1 fully saturated rings. The summed E-state index contributed by atoms with van der Waals surface area (Å²) in [6, 6.07) is 5.74. The van der Waals surface area contributed by atoms with Gasteiger partial charge in [-0.15, -0.1) is 0 Å². The smallest absolute Gasteiger partial charge is 0.224 e. The van der Waals surface area contributed by atoms with Crippen LogP contribution in [0.1, 0.15) is 36.6 Å². The minimum atomic E-state index is -0.536. The number of anilines is 1. The summed E-state index contributed by atoms with van der Waals surface area (Å²) in [6.07, 6.45) is 3.18. The number of aryl methyl sites for hydroxylation is 2. The van der Waals surface area contributed by atoms with Gasteiger partial charge in [-0.05, 0) is 50.5 Å². The Labute approximate surface area is 165 Å². The molecule has 0 saturated carbocycles. The summed E-state index contributed by atoms with van der Waals surface area (Å²) < 4.78 is 8.10. The van der Waals surface area contributed by atoms with E-state index in [1.165, 1.54) is 11.3 Å². The Morgan fingerprint density at radius 1 is 1.36 bits per heavy atom. The highest BCUT2D eigenvalue weighted by atomic mass is 16.5. The van der Waals surface area contributed by atoms with Crippen molar-refractivity contribution in [1.29, 1.82) is 0 Å². The van der Waals surface area contributed by atoms with Crippen LogP contribution in [0.4, 0.5) is 5.69 Å². The van der Waals surface area contributed by atoms with Crippen molar-refractivity contribution >= 4 is 11.6 Å². The zero-order valence-electron chi connectivity index (χ0n) is 16.5. The van der Waals surface area contributed by atoms with Gasteiger partial charge in [-0.25, -0.2) is 0 Å². The van der Waals surface area contributed by atoms with Gasteiger partial charge in [-0.3, -0.25) is 14.4 Å². The molecule has 0 aliphatic carbocycles. The lowest BCUT2D eigenvalue weighted by Crippen LogP contribution is -2.48. The third-order valence-corrected chi connectivity index (χ3v) is 5.76. The van der Waals surface area contributed by atoms with E-state index in [9.17, 15) is 9.90 Å². The molecule has 1 amide bonds. The molecule has 2 atom stereocenters. The van der Waals surface area contributed by atoms with Crippen molar-refractivity contribution in [2.24, 2.45) is 0 Å². The molecule has 1 saturated heterocycles. The molecule has 7 nitrogen and oxygen atoms in total. The van der Waals surface area contributed by atoms with Crippen molar-refractivity contribution in [2.45, 2.75) is 58.4 Å². The molecule has 0 unspecified atom stereocenters. The molecular weight excluding hydrogens is 356 g/mol. The molecule has 1 aromatic carbocycles. The number of hydrogen-bond acceptors (Lipinski definition) is 5. The predicted octanol–water partition coefficient (Wildman–Crippen LogP) is 2.11. The topological polar surface area (TPSA) is 79.6 Å². The van der Waals surface area contributed by atoms with E-state index in [1.54, 1.807) is 0 Å². The third kappa shape index (κ3) is 3.91. The fourth-order valence-corrected chi connectivity index (χ4v) is 4.06. The Bertz CT molecular complexity index is 863. The molecule has 0 radical (unpaired) electrons. The number of aliphatic hydroxyl groups excluding tert-OH is 1. The number of aliphatic hydroxyl groups is 1. The van der Waals surface area contributed by atoms with Crippen LogP contribution in [0, 0.1) is 6.92 Å². The zero-order chi connectivity index (χ0) is 19.7. The molecule has 2 aliphatic rings. The molecule has 2 aliphatic heterocycles. The molecule has 28 heavy (non-hydrogen) atoms. The first-order valence-corrected chi connectivity index (χ1v) is 10.0. The second kappa shape index (κ2) is 7.93. The first kappa shape index (κ1) is 19.0. The number of nitrogens with zero attached hydrogens (tertiary/aromatic N) is 3. The number of piperidine rings is 1. The Morgan fingerprint density at radius 2 is 2.21 bits per heavy atom. The maximum Gasteiger partial charge on any atom is 0.224 e. The quantitative estimate of drug-likeness (QED) is 0.825. The standard InChI is InChI=1S/C21H28N4O3/c1-3-25-14(2)16(11-22-25)12-24-9-8-20(19(26)13-24)28-17-5-6-18-15(10-17)4-7-21(27)23-18/h5-6,10-11,19-20,26H,3-4,7-9,12-13H2,1-2H3,(H,23,27)/t19-,20-/m1/s1. The lowest BCUT2D eigenvalue weighted by molar-refractivity contribution is -0.116. The first-order chi connectivity index (χ1) is 13.5. The molecule has 2 N–H and O–H groups in total. The lowest BCUT2D eigenvalue weighted by Gasteiger charge is -2.36. The summed E-state index contributed by atoms with van der Waals surface area (Å²) in [5, 5.41) is 17.9. The number of nitrogens with one attached hydrogen (secondary N) is 1. The number of aromatic nitrogens is 2. The van der Waals surface area contributed by atoms with Crippen molar-refractivity contribution < 1.29 is 14.6 Å². The van der Waals surface area contributed by atoms with Crippen LogP contribution in [0.3, 0.4) is 0 Å².